The standard InChI is InChI=1S/C19H24N2O6S/c1-19-7-6-17(23)21(19)13(11-28-19)18(24)27-10-16(22)20-9-12-4-5-14(25-2)15(8-12)26-3/h4-5,8,13H,6-7,9-11H2,1-3H3,(H,20,22)/t13-,19-/m1/s1. The van der Waals surface area contributed by atoms with Crippen LogP contribution in [0.15, 0.2) is 18.2 Å². The lowest BCUT2D eigenvalue weighted by molar-refractivity contribution is -0.156. The lowest BCUT2D eigenvalue weighted by atomic mass is 10.2. The van der Waals surface area contributed by atoms with E-state index >= 15 is 0 Å². The topological polar surface area (TPSA) is 94.2 Å². The van der Waals surface area contributed by atoms with E-state index in [2.05, 4.69) is 5.32 Å². The van der Waals surface area contributed by atoms with Crippen molar-refractivity contribution in [3.63, 3.8) is 0 Å². The zero-order valence-electron chi connectivity index (χ0n) is 16.1. The second kappa shape index (κ2) is 8.30. The molecule has 2 aliphatic heterocycles. The molecule has 0 bridgehead atoms. The minimum absolute atomic E-state index is 0.0349. The van der Waals surface area contributed by atoms with Gasteiger partial charge in [0, 0.05) is 18.7 Å². The van der Waals surface area contributed by atoms with Crippen LogP contribution in [-0.4, -0.2) is 60.2 Å². The number of nitrogens with one attached hydrogen (secondary N) is 1. The molecule has 0 unspecified atom stereocenters. The number of rotatable bonds is 7. The number of esters is 1. The van der Waals surface area contributed by atoms with Crippen molar-refractivity contribution in [3.05, 3.63) is 23.8 Å². The van der Waals surface area contributed by atoms with Gasteiger partial charge in [-0.05, 0) is 31.0 Å². The number of amides is 2. The fourth-order valence-corrected chi connectivity index (χ4v) is 4.89. The summed E-state index contributed by atoms with van der Waals surface area (Å²) in [5, 5.41) is 2.70. The quantitative estimate of drug-likeness (QED) is 0.680. The number of hydrogen-bond acceptors (Lipinski definition) is 7. The van der Waals surface area contributed by atoms with E-state index < -0.39 is 17.9 Å². The smallest absolute Gasteiger partial charge is 0.330 e. The van der Waals surface area contributed by atoms with E-state index in [4.69, 9.17) is 14.2 Å². The minimum Gasteiger partial charge on any atom is -0.493 e. The van der Waals surface area contributed by atoms with Crippen molar-refractivity contribution < 1.29 is 28.6 Å². The highest BCUT2D eigenvalue weighted by Gasteiger charge is 2.53. The molecule has 1 aromatic rings. The summed E-state index contributed by atoms with van der Waals surface area (Å²) in [7, 11) is 3.09. The van der Waals surface area contributed by atoms with Crippen molar-refractivity contribution in [2.24, 2.45) is 0 Å². The molecule has 2 fully saturated rings. The third kappa shape index (κ3) is 4.04. The molecule has 9 heteroatoms. The second-order valence-electron chi connectivity index (χ2n) is 6.84. The summed E-state index contributed by atoms with van der Waals surface area (Å²) >= 11 is 1.59. The van der Waals surface area contributed by atoms with Gasteiger partial charge in [0.1, 0.15) is 6.04 Å². The molecule has 0 aliphatic carbocycles. The molecule has 2 saturated heterocycles. The third-order valence-electron chi connectivity index (χ3n) is 5.00. The summed E-state index contributed by atoms with van der Waals surface area (Å²) in [5.74, 6) is 0.681. The lowest BCUT2D eigenvalue weighted by Gasteiger charge is -2.29. The van der Waals surface area contributed by atoms with Gasteiger partial charge in [0.25, 0.3) is 5.91 Å². The average molecular weight is 408 g/mol. The Balaban J connectivity index is 1.48. The number of ether oxygens (including phenoxy) is 3. The van der Waals surface area contributed by atoms with Gasteiger partial charge in [-0.2, -0.15) is 0 Å². The maximum absolute atomic E-state index is 12.4. The van der Waals surface area contributed by atoms with Gasteiger partial charge in [-0.25, -0.2) is 4.79 Å². The number of carbonyl (C=O) groups is 3. The molecule has 152 valence electrons. The van der Waals surface area contributed by atoms with Gasteiger partial charge in [-0.3, -0.25) is 9.59 Å². The molecule has 2 heterocycles. The van der Waals surface area contributed by atoms with Gasteiger partial charge in [-0.15, -0.1) is 11.8 Å². The van der Waals surface area contributed by atoms with E-state index in [0.29, 0.717) is 23.7 Å². The summed E-state index contributed by atoms with van der Waals surface area (Å²) in [6, 6.07) is 4.70. The Kier molecular flexibility index (Phi) is 6.02. The molecule has 3 rings (SSSR count). The first-order chi connectivity index (χ1) is 13.4. The summed E-state index contributed by atoms with van der Waals surface area (Å²) in [4.78, 5) is 37.8. The van der Waals surface area contributed by atoms with Crippen molar-refractivity contribution in [2.75, 3.05) is 26.6 Å². The molecular formula is C19H24N2O6S. The van der Waals surface area contributed by atoms with Crippen molar-refractivity contribution in [1.29, 1.82) is 0 Å². The maximum Gasteiger partial charge on any atom is 0.330 e. The third-order valence-corrected chi connectivity index (χ3v) is 6.51. The molecule has 0 spiro atoms. The summed E-state index contributed by atoms with van der Waals surface area (Å²) in [5.41, 5.74) is 0.822. The van der Waals surface area contributed by atoms with Crippen LogP contribution >= 0.6 is 11.8 Å². The van der Waals surface area contributed by atoms with Crippen LogP contribution in [0.25, 0.3) is 0 Å². The number of carbonyl (C=O) groups excluding carboxylic acids is 3. The van der Waals surface area contributed by atoms with Gasteiger partial charge in [-0.1, -0.05) is 6.07 Å². The molecule has 0 radical (unpaired) electrons. The van der Waals surface area contributed by atoms with E-state index in [1.165, 1.54) is 7.11 Å². The minimum atomic E-state index is -0.622. The fourth-order valence-electron chi connectivity index (χ4n) is 3.47. The Labute approximate surface area is 167 Å². The molecule has 2 amide bonds. The Morgan fingerprint density at radius 2 is 2.04 bits per heavy atom. The molecule has 0 saturated carbocycles. The lowest BCUT2D eigenvalue weighted by Crippen LogP contribution is -2.47. The van der Waals surface area contributed by atoms with Crippen molar-refractivity contribution >= 4 is 29.5 Å². The van der Waals surface area contributed by atoms with Gasteiger partial charge >= 0.3 is 5.97 Å². The normalized spacial score (nSPS) is 23.3. The number of nitrogens with zero attached hydrogens (tertiary/aromatic N) is 1. The van der Waals surface area contributed by atoms with Crippen LogP contribution in [0.3, 0.4) is 0 Å². The Bertz CT molecular complexity index is 786. The summed E-state index contributed by atoms with van der Waals surface area (Å²) in [6.07, 6.45) is 1.17. The maximum atomic E-state index is 12.4. The summed E-state index contributed by atoms with van der Waals surface area (Å²) < 4.78 is 15.6. The van der Waals surface area contributed by atoms with E-state index in [1.54, 1.807) is 35.9 Å². The Morgan fingerprint density at radius 1 is 1.29 bits per heavy atom. The van der Waals surface area contributed by atoms with Crippen LogP contribution < -0.4 is 14.8 Å². The number of benzene rings is 1. The van der Waals surface area contributed by atoms with Gasteiger partial charge in [0.05, 0.1) is 19.1 Å². The Hall–Kier alpha value is -2.42. The first-order valence-electron chi connectivity index (χ1n) is 8.98. The largest absolute Gasteiger partial charge is 0.493 e. The average Bonchev–Trinajstić information content (AvgIpc) is 3.19. The SMILES string of the molecule is COc1ccc(CNC(=O)COC(=O)[C@H]2CS[C@]3(C)CCC(=O)N23)cc1OC. The van der Waals surface area contributed by atoms with Gasteiger partial charge in [0.15, 0.2) is 18.1 Å². The predicted molar refractivity (Wildman–Crippen MR) is 103 cm³/mol. The molecule has 28 heavy (non-hydrogen) atoms. The Morgan fingerprint density at radius 3 is 2.75 bits per heavy atom. The van der Waals surface area contributed by atoms with Crippen LogP contribution in [0.1, 0.15) is 25.3 Å². The number of methoxy groups -OCH3 is 2. The van der Waals surface area contributed by atoms with Crippen molar-refractivity contribution in [2.45, 2.75) is 37.2 Å². The van der Waals surface area contributed by atoms with Crippen LogP contribution in [0, 0.1) is 0 Å². The zero-order valence-corrected chi connectivity index (χ0v) is 17.0. The highest BCUT2D eigenvalue weighted by molar-refractivity contribution is 8.01. The fraction of sp³-hybridized carbons (Fsp3) is 0.526. The number of hydrogen-bond donors (Lipinski definition) is 1. The van der Waals surface area contributed by atoms with Crippen molar-refractivity contribution in [3.8, 4) is 11.5 Å². The van der Waals surface area contributed by atoms with Gasteiger partial charge in [0.2, 0.25) is 5.91 Å². The molecule has 8 nitrogen and oxygen atoms in total. The van der Waals surface area contributed by atoms with Crippen molar-refractivity contribution in [1.82, 2.24) is 10.2 Å². The molecule has 0 aromatic heterocycles. The van der Waals surface area contributed by atoms with E-state index in [9.17, 15) is 14.4 Å². The molecule has 2 atom stereocenters. The highest BCUT2D eigenvalue weighted by atomic mass is 32.2. The van der Waals surface area contributed by atoms with Crippen LogP contribution in [-0.2, 0) is 25.7 Å². The van der Waals surface area contributed by atoms with Crippen LogP contribution in [0.5, 0.6) is 11.5 Å². The first-order valence-corrected chi connectivity index (χ1v) is 9.97. The second-order valence-corrected chi connectivity index (χ2v) is 8.34. The van der Waals surface area contributed by atoms with Gasteiger partial charge < -0.3 is 24.4 Å². The first kappa shape index (κ1) is 20.3. The monoisotopic (exact) mass is 408 g/mol. The summed E-state index contributed by atoms with van der Waals surface area (Å²) in [6.45, 7) is 1.84. The predicted octanol–water partition coefficient (Wildman–Crippen LogP) is 1.32. The number of fused-ring (bicyclic) bond motifs is 1. The van der Waals surface area contributed by atoms with E-state index in [-0.39, 0.29) is 23.9 Å². The van der Waals surface area contributed by atoms with E-state index in [1.807, 2.05) is 13.0 Å². The zero-order chi connectivity index (χ0) is 20.3. The molecular weight excluding hydrogens is 384 g/mol. The molecule has 1 N–H and O–H groups in total. The molecule has 2 aliphatic rings. The molecule has 1 aromatic carbocycles. The van der Waals surface area contributed by atoms with E-state index in [0.717, 1.165) is 12.0 Å². The van der Waals surface area contributed by atoms with Crippen LogP contribution in [0.4, 0.5) is 0 Å². The highest BCUT2D eigenvalue weighted by Crippen LogP contribution is 2.47. The van der Waals surface area contributed by atoms with Crippen LogP contribution in [0.2, 0.25) is 0 Å². The number of thioether (sulfide) groups is 1.